The Bertz CT molecular complexity index is 464. The molecule has 0 radical (unpaired) electrons. The van der Waals surface area contributed by atoms with E-state index in [2.05, 4.69) is 66.5 Å². The third-order valence-electron chi connectivity index (χ3n) is 3.59. The Balaban J connectivity index is 5.47. The summed E-state index contributed by atoms with van der Waals surface area (Å²) in [6.45, 7) is 22.7. The van der Waals surface area contributed by atoms with Gasteiger partial charge >= 0.3 is 0 Å². The van der Waals surface area contributed by atoms with Gasteiger partial charge < -0.3 is 0 Å². The van der Waals surface area contributed by atoms with Gasteiger partial charge in [-0.05, 0) is 81.7 Å². The Kier molecular flexibility index (Phi) is 8.63. The monoisotopic (exact) mass is 270 g/mol. The van der Waals surface area contributed by atoms with Crippen molar-refractivity contribution in [1.82, 2.24) is 0 Å². The molecule has 0 bridgehead atoms. The SMILES string of the molecule is C=CCCCC(=C)C(=C/C)/C(C)=C(C(=C)C)\C(C)=C/C. The molecule has 0 unspecified atom stereocenters. The van der Waals surface area contributed by atoms with Crippen LogP contribution in [0.5, 0.6) is 0 Å². The van der Waals surface area contributed by atoms with Crippen molar-refractivity contribution in [3.05, 3.63) is 71.4 Å². The minimum Gasteiger partial charge on any atom is -0.103 e. The van der Waals surface area contributed by atoms with E-state index in [4.69, 9.17) is 0 Å². The van der Waals surface area contributed by atoms with Gasteiger partial charge in [0.05, 0.1) is 0 Å². The topological polar surface area (TPSA) is 0 Å². The van der Waals surface area contributed by atoms with Gasteiger partial charge in [-0.3, -0.25) is 0 Å². The molecule has 0 aromatic carbocycles. The summed E-state index contributed by atoms with van der Waals surface area (Å²) in [4.78, 5) is 0. The predicted octanol–water partition coefficient (Wildman–Crippen LogP) is 6.70. The second kappa shape index (κ2) is 9.36. The molecule has 0 aromatic heterocycles. The van der Waals surface area contributed by atoms with Crippen LogP contribution >= 0.6 is 0 Å². The molecule has 0 heterocycles. The molecule has 0 heteroatoms. The fourth-order valence-corrected chi connectivity index (χ4v) is 2.51. The molecule has 0 aliphatic rings. The zero-order valence-corrected chi connectivity index (χ0v) is 14.0. The van der Waals surface area contributed by atoms with Crippen LogP contribution in [0, 0.1) is 0 Å². The first-order valence-corrected chi connectivity index (χ1v) is 7.36. The second-order valence-corrected chi connectivity index (χ2v) is 5.24. The standard InChI is InChI=1S/C20H30/c1-9-12-13-14-17(7)19(11-3)18(8)20(15(4)5)16(6)10-2/h9-11H,1,4,7,12-14H2,2-3,5-6,8H3/b16-10-,19-11-,20-18-. The van der Waals surface area contributed by atoms with Crippen molar-refractivity contribution in [2.45, 2.75) is 53.9 Å². The van der Waals surface area contributed by atoms with Crippen molar-refractivity contribution in [2.75, 3.05) is 0 Å². The molecule has 0 fully saturated rings. The first-order valence-electron chi connectivity index (χ1n) is 7.36. The van der Waals surface area contributed by atoms with E-state index in [9.17, 15) is 0 Å². The number of allylic oxidation sites excluding steroid dienone is 9. The van der Waals surface area contributed by atoms with E-state index in [-0.39, 0.29) is 0 Å². The lowest BCUT2D eigenvalue weighted by atomic mass is 9.87. The zero-order chi connectivity index (χ0) is 15.7. The summed E-state index contributed by atoms with van der Waals surface area (Å²) in [6.07, 6.45) is 9.44. The summed E-state index contributed by atoms with van der Waals surface area (Å²) in [7, 11) is 0. The van der Waals surface area contributed by atoms with Crippen molar-refractivity contribution in [3.63, 3.8) is 0 Å². The molecule has 0 aromatic rings. The van der Waals surface area contributed by atoms with Crippen LogP contribution in [0.15, 0.2) is 71.4 Å². The fourth-order valence-electron chi connectivity index (χ4n) is 2.51. The average molecular weight is 270 g/mol. The van der Waals surface area contributed by atoms with Gasteiger partial charge in [0, 0.05) is 0 Å². The van der Waals surface area contributed by atoms with Gasteiger partial charge in [-0.25, -0.2) is 0 Å². The number of unbranched alkanes of at least 4 members (excludes halogenated alkanes) is 1. The maximum Gasteiger partial charge on any atom is -0.0172 e. The summed E-state index contributed by atoms with van der Waals surface area (Å²) in [5, 5.41) is 0. The van der Waals surface area contributed by atoms with Gasteiger partial charge in [-0.15, -0.1) is 6.58 Å². The summed E-state index contributed by atoms with van der Waals surface area (Å²) >= 11 is 0. The first-order chi connectivity index (χ1) is 9.40. The van der Waals surface area contributed by atoms with Crippen molar-refractivity contribution in [1.29, 1.82) is 0 Å². The third-order valence-corrected chi connectivity index (χ3v) is 3.59. The molecule has 0 rings (SSSR count). The van der Waals surface area contributed by atoms with Gasteiger partial charge in [-0.2, -0.15) is 0 Å². The Morgan fingerprint density at radius 1 is 1.00 bits per heavy atom. The van der Waals surface area contributed by atoms with Crippen molar-refractivity contribution in [3.8, 4) is 0 Å². The Morgan fingerprint density at radius 3 is 2.00 bits per heavy atom. The van der Waals surface area contributed by atoms with Crippen LogP contribution in [-0.2, 0) is 0 Å². The molecule has 0 spiro atoms. The minimum atomic E-state index is 1.02. The van der Waals surface area contributed by atoms with Crippen LogP contribution in [0.25, 0.3) is 0 Å². The number of hydrogen-bond donors (Lipinski definition) is 0. The summed E-state index contributed by atoms with van der Waals surface area (Å²) in [5.74, 6) is 0. The molecular weight excluding hydrogens is 240 g/mol. The zero-order valence-electron chi connectivity index (χ0n) is 14.0. The van der Waals surface area contributed by atoms with Crippen molar-refractivity contribution >= 4 is 0 Å². The van der Waals surface area contributed by atoms with Crippen LogP contribution in [0.4, 0.5) is 0 Å². The van der Waals surface area contributed by atoms with E-state index in [1.807, 2.05) is 6.08 Å². The average Bonchev–Trinajstić information content (AvgIpc) is 2.39. The largest absolute Gasteiger partial charge is 0.103 e. The summed E-state index contributed by atoms with van der Waals surface area (Å²) in [6, 6.07) is 0. The first kappa shape index (κ1) is 18.4. The Morgan fingerprint density at radius 2 is 1.60 bits per heavy atom. The normalized spacial score (nSPS) is 13.8. The quantitative estimate of drug-likeness (QED) is 0.261. The van der Waals surface area contributed by atoms with Gasteiger partial charge in [0.25, 0.3) is 0 Å². The lowest BCUT2D eigenvalue weighted by Crippen LogP contribution is -1.98. The molecule has 0 amide bonds. The fraction of sp³-hybridized carbons (Fsp3) is 0.400. The lowest BCUT2D eigenvalue weighted by molar-refractivity contribution is 0.841. The molecule has 0 N–H and O–H groups in total. The molecular formula is C20H30. The van der Waals surface area contributed by atoms with Gasteiger partial charge in [0.15, 0.2) is 0 Å². The summed E-state index contributed by atoms with van der Waals surface area (Å²) in [5.41, 5.74) is 7.37. The van der Waals surface area contributed by atoms with E-state index in [1.54, 1.807) is 0 Å². The van der Waals surface area contributed by atoms with Gasteiger partial charge in [-0.1, -0.05) is 37.0 Å². The highest BCUT2D eigenvalue weighted by atomic mass is 14.2. The Hall–Kier alpha value is -1.56. The molecule has 0 nitrogen and oxygen atoms in total. The van der Waals surface area contributed by atoms with Crippen LogP contribution in [0.1, 0.15) is 53.9 Å². The second-order valence-electron chi connectivity index (χ2n) is 5.24. The van der Waals surface area contributed by atoms with Crippen molar-refractivity contribution < 1.29 is 0 Å². The van der Waals surface area contributed by atoms with E-state index >= 15 is 0 Å². The number of hydrogen-bond acceptors (Lipinski definition) is 0. The Labute approximate surface area is 126 Å². The van der Waals surface area contributed by atoms with Gasteiger partial charge in [0.2, 0.25) is 0 Å². The van der Waals surface area contributed by atoms with E-state index in [0.29, 0.717) is 0 Å². The minimum absolute atomic E-state index is 1.02. The summed E-state index contributed by atoms with van der Waals surface area (Å²) < 4.78 is 0. The van der Waals surface area contributed by atoms with Crippen LogP contribution in [0.3, 0.4) is 0 Å². The lowest BCUT2D eigenvalue weighted by Gasteiger charge is -2.18. The highest BCUT2D eigenvalue weighted by Crippen LogP contribution is 2.30. The highest BCUT2D eigenvalue weighted by molar-refractivity contribution is 5.56. The maximum atomic E-state index is 4.26. The van der Waals surface area contributed by atoms with Gasteiger partial charge in [0.1, 0.15) is 0 Å². The molecule has 0 saturated carbocycles. The molecule has 0 saturated heterocycles. The molecule has 0 aliphatic carbocycles. The van der Waals surface area contributed by atoms with E-state index in [0.717, 1.165) is 24.8 Å². The van der Waals surface area contributed by atoms with E-state index in [1.165, 1.54) is 27.9 Å². The maximum absolute atomic E-state index is 4.26. The van der Waals surface area contributed by atoms with Crippen LogP contribution < -0.4 is 0 Å². The molecule has 110 valence electrons. The van der Waals surface area contributed by atoms with Crippen LogP contribution in [0.2, 0.25) is 0 Å². The number of rotatable bonds is 8. The smallest absolute Gasteiger partial charge is 0.0172 e. The van der Waals surface area contributed by atoms with Crippen molar-refractivity contribution in [2.24, 2.45) is 0 Å². The molecule has 0 atom stereocenters. The molecule has 20 heavy (non-hydrogen) atoms. The molecule has 0 aliphatic heterocycles. The van der Waals surface area contributed by atoms with Crippen LogP contribution in [-0.4, -0.2) is 0 Å². The predicted molar refractivity (Wildman–Crippen MR) is 93.9 cm³/mol. The van der Waals surface area contributed by atoms with E-state index < -0.39 is 0 Å². The highest BCUT2D eigenvalue weighted by Gasteiger charge is 2.11. The third kappa shape index (κ3) is 5.21.